The summed E-state index contributed by atoms with van der Waals surface area (Å²) in [6, 6.07) is 1.15. The predicted molar refractivity (Wildman–Crippen MR) is 65.0 cm³/mol. The van der Waals surface area contributed by atoms with Gasteiger partial charge in [0.15, 0.2) is 0 Å². The summed E-state index contributed by atoms with van der Waals surface area (Å²) >= 11 is 0. The summed E-state index contributed by atoms with van der Waals surface area (Å²) in [4.78, 5) is 0. The Labute approximate surface area is 94.8 Å². The monoisotopic (exact) mass is 213 g/mol. The molecule has 2 heteroatoms. The van der Waals surface area contributed by atoms with Gasteiger partial charge in [-0.05, 0) is 44.9 Å². The Balaban J connectivity index is 2.37. The number of rotatable bonds is 4. The van der Waals surface area contributed by atoms with Gasteiger partial charge in [0.1, 0.15) is 0 Å². The smallest absolute Gasteiger partial charge is 0.0693 e. The van der Waals surface area contributed by atoms with Crippen molar-refractivity contribution in [2.45, 2.75) is 65.1 Å². The molecule has 1 saturated carbocycles. The van der Waals surface area contributed by atoms with Gasteiger partial charge in [0, 0.05) is 19.2 Å². The highest BCUT2D eigenvalue weighted by Gasteiger charge is 2.25. The summed E-state index contributed by atoms with van der Waals surface area (Å²) in [5.41, 5.74) is 0. The fourth-order valence-electron chi connectivity index (χ4n) is 2.79. The molecule has 1 fully saturated rings. The highest BCUT2D eigenvalue weighted by atomic mass is 16.5. The summed E-state index contributed by atoms with van der Waals surface area (Å²) in [5.74, 6) is 1.74. The molecule has 2 nitrogen and oxygen atoms in total. The van der Waals surface area contributed by atoms with Gasteiger partial charge in [-0.15, -0.1) is 0 Å². The molecule has 1 aliphatic rings. The molecule has 0 saturated heterocycles. The standard InChI is InChI=1S/C13H27NO/c1-9-6-10(2)8-13(7-9)14-11(3)12(4)15-5/h9-14H,6-8H2,1-5H3. The maximum atomic E-state index is 5.34. The normalized spacial score (nSPS) is 36.2. The van der Waals surface area contributed by atoms with Gasteiger partial charge >= 0.3 is 0 Å². The van der Waals surface area contributed by atoms with Crippen molar-refractivity contribution in [3.05, 3.63) is 0 Å². The van der Waals surface area contributed by atoms with Crippen LogP contribution in [0.4, 0.5) is 0 Å². The van der Waals surface area contributed by atoms with Gasteiger partial charge in [0.2, 0.25) is 0 Å². The first-order chi connectivity index (χ1) is 7.02. The summed E-state index contributed by atoms with van der Waals surface area (Å²) in [6.07, 6.45) is 4.35. The fourth-order valence-corrected chi connectivity index (χ4v) is 2.79. The lowest BCUT2D eigenvalue weighted by Crippen LogP contribution is -2.46. The van der Waals surface area contributed by atoms with Crippen LogP contribution in [-0.2, 0) is 4.74 Å². The van der Waals surface area contributed by atoms with E-state index < -0.39 is 0 Å². The molecule has 4 unspecified atom stereocenters. The largest absolute Gasteiger partial charge is 0.380 e. The van der Waals surface area contributed by atoms with E-state index in [0.29, 0.717) is 18.2 Å². The molecule has 0 aromatic heterocycles. The Morgan fingerprint density at radius 2 is 1.60 bits per heavy atom. The van der Waals surface area contributed by atoms with Crippen LogP contribution < -0.4 is 5.32 Å². The van der Waals surface area contributed by atoms with Crippen LogP contribution in [0.1, 0.15) is 47.0 Å². The van der Waals surface area contributed by atoms with E-state index in [1.54, 1.807) is 7.11 Å². The number of nitrogens with one attached hydrogen (secondary N) is 1. The molecule has 0 heterocycles. The average molecular weight is 213 g/mol. The molecular weight excluding hydrogens is 186 g/mol. The third kappa shape index (κ3) is 4.12. The van der Waals surface area contributed by atoms with Crippen molar-refractivity contribution in [3.63, 3.8) is 0 Å². The second-order valence-electron chi connectivity index (χ2n) is 5.51. The molecule has 0 aromatic rings. The van der Waals surface area contributed by atoms with Crippen LogP contribution in [0, 0.1) is 11.8 Å². The Kier molecular flexibility index (Phi) is 5.07. The van der Waals surface area contributed by atoms with Crippen LogP contribution in [-0.4, -0.2) is 25.3 Å². The topological polar surface area (TPSA) is 21.3 Å². The van der Waals surface area contributed by atoms with Crippen molar-refractivity contribution in [1.29, 1.82) is 0 Å². The Bertz CT molecular complexity index is 173. The molecule has 0 aliphatic heterocycles. The van der Waals surface area contributed by atoms with Crippen molar-refractivity contribution in [2.24, 2.45) is 11.8 Å². The van der Waals surface area contributed by atoms with E-state index in [1.165, 1.54) is 19.3 Å². The van der Waals surface area contributed by atoms with Crippen molar-refractivity contribution >= 4 is 0 Å². The van der Waals surface area contributed by atoms with Crippen LogP contribution in [0.5, 0.6) is 0 Å². The second kappa shape index (κ2) is 5.86. The van der Waals surface area contributed by atoms with Crippen molar-refractivity contribution in [2.75, 3.05) is 7.11 Å². The minimum Gasteiger partial charge on any atom is -0.380 e. The van der Waals surface area contributed by atoms with Crippen molar-refractivity contribution in [3.8, 4) is 0 Å². The minimum atomic E-state index is 0.303. The molecule has 1 N–H and O–H groups in total. The van der Waals surface area contributed by atoms with E-state index in [2.05, 4.69) is 33.0 Å². The highest BCUT2D eigenvalue weighted by Crippen LogP contribution is 2.28. The summed E-state index contributed by atoms with van der Waals surface area (Å²) in [5, 5.41) is 3.71. The zero-order chi connectivity index (χ0) is 11.4. The zero-order valence-corrected chi connectivity index (χ0v) is 10.9. The fraction of sp³-hybridized carbons (Fsp3) is 1.00. The van der Waals surface area contributed by atoms with Gasteiger partial charge in [-0.3, -0.25) is 0 Å². The van der Waals surface area contributed by atoms with Gasteiger partial charge in [0.05, 0.1) is 6.10 Å². The molecule has 1 rings (SSSR count). The number of ether oxygens (including phenoxy) is 1. The van der Waals surface area contributed by atoms with E-state index in [0.717, 1.165) is 11.8 Å². The van der Waals surface area contributed by atoms with Gasteiger partial charge in [0.25, 0.3) is 0 Å². The lowest BCUT2D eigenvalue weighted by atomic mass is 9.80. The Hall–Kier alpha value is -0.0800. The third-order valence-electron chi connectivity index (χ3n) is 3.75. The molecule has 15 heavy (non-hydrogen) atoms. The van der Waals surface area contributed by atoms with Crippen molar-refractivity contribution in [1.82, 2.24) is 5.32 Å². The minimum absolute atomic E-state index is 0.303. The van der Waals surface area contributed by atoms with Crippen LogP contribution in [0.3, 0.4) is 0 Å². The van der Waals surface area contributed by atoms with Crippen LogP contribution in [0.2, 0.25) is 0 Å². The molecule has 1 aliphatic carbocycles. The van der Waals surface area contributed by atoms with Gasteiger partial charge in [-0.1, -0.05) is 13.8 Å². The van der Waals surface area contributed by atoms with Crippen molar-refractivity contribution < 1.29 is 4.74 Å². The molecule has 0 amide bonds. The molecule has 0 spiro atoms. The van der Waals surface area contributed by atoms with E-state index in [4.69, 9.17) is 4.74 Å². The van der Waals surface area contributed by atoms with E-state index in [1.807, 2.05) is 0 Å². The average Bonchev–Trinajstić information content (AvgIpc) is 2.14. The Morgan fingerprint density at radius 1 is 1.07 bits per heavy atom. The first-order valence-corrected chi connectivity index (χ1v) is 6.31. The second-order valence-corrected chi connectivity index (χ2v) is 5.51. The maximum Gasteiger partial charge on any atom is 0.0693 e. The quantitative estimate of drug-likeness (QED) is 0.775. The van der Waals surface area contributed by atoms with Gasteiger partial charge < -0.3 is 10.1 Å². The number of hydrogen-bond donors (Lipinski definition) is 1. The Morgan fingerprint density at radius 3 is 2.07 bits per heavy atom. The lowest BCUT2D eigenvalue weighted by molar-refractivity contribution is 0.0779. The summed E-state index contributed by atoms with van der Waals surface area (Å²) in [7, 11) is 1.79. The summed E-state index contributed by atoms with van der Waals surface area (Å²) < 4.78 is 5.34. The van der Waals surface area contributed by atoms with Crippen LogP contribution >= 0.6 is 0 Å². The van der Waals surface area contributed by atoms with E-state index >= 15 is 0 Å². The molecular formula is C13H27NO. The SMILES string of the molecule is COC(C)C(C)NC1CC(C)CC(C)C1. The molecule has 0 radical (unpaired) electrons. The molecule has 0 bridgehead atoms. The molecule has 4 atom stereocenters. The first kappa shape index (κ1) is 13.0. The zero-order valence-electron chi connectivity index (χ0n) is 10.9. The van der Waals surface area contributed by atoms with E-state index in [9.17, 15) is 0 Å². The van der Waals surface area contributed by atoms with Gasteiger partial charge in [-0.2, -0.15) is 0 Å². The molecule has 90 valence electrons. The molecule has 0 aromatic carbocycles. The van der Waals surface area contributed by atoms with E-state index in [-0.39, 0.29) is 0 Å². The van der Waals surface area contributed by atoms with Crippen LogP contribution in [0.15, 0.2) is 0 Å². The number of methoxy groups -OCH3 is 1. The number of hydrogen-bond acceptors (Lipinski definition) is 2. The van der Waals surface area contributed by atoms with Crippen LogP contribution in [0.25, 0.3) is 0 Å². The van der Waals surface area contributed by atoms with Gasteiger partial charge in [-0.25, -0.2) is 0 Å². The third-order valence-corrected chi connectivity index (χ3v) is 3.75. The summed E-state index contributed by atoms with van der Waals surface area (Å²) in [6.45, 7) is 9.09. The maximum absolute atomic E-state index is 5.34. The first-order valence-electron chi connectivity index (χ1n) is 6.31. The lowest BCUT2D eigenvalue weighted by Gasteiger charge is -2.35. The highest BCUT2D eigenvalue weighted by molar-refractivity contribution is 4.82. The predicted octanol–water partition coefficient (Wildman–Crippen LogP) is 2.82.